The molecular formula is C15H21N3O4S. The molecule has 0 radical (unpaired) electrons. The Morgan fingerprint density at radius 1 is 1.26 bits per heavy atom. The Balaban J connectivity index is 2.26. The Kier molecular flexibility index (Phi) is 5.06. The lowest BCUT2D eigenvalue weighted by Crippen LogP contribution is -2.36. The molecule has 7 nitrogen and oxygen atoms in total. The van der Waals surface area contributed by atoms with Crippen molar-refractivity contribution in [3.05, 3.63) is 29.3 Å². The third-order valence-corrected chi connectivity index (χ3v) is 5.52. The summed E-state index contributed by atoms with van der Waals surface area (Å²) in [6, 6.07) is 3.67. The first-order valence-corrected chi connectivity index (χ1v) is 8.96. The second-order valence-corrected chi connectivity index (χ2v) is 7.30. The highest BCUT2D eigenvalue weighted by atomic mass is 32.2. The van der Waals surface area contributed by atoms with Crippen molar-refractivity contribution in [1.82, 2.24) is 14.9 Å². The molecule has 0 unspecified atom stereocenters. The van der Waals surface area contributed by atoms with Crippen LogP contribution in [0.25, 0.3) is 0 Å². The molecule has 0 fully saturated rings. The molecule has 8 heteroatoms. The van der Waals surface area contributed by atoms with Crippen molar-refractivity contribution in [3.8, 4) is 0 Å². The fraction of sp³-hybridized carbons (Fsp3) is 0.467. The first kappa shape index (κ1) is 17.4. The van der Waals surface area contributed by atoms with Gasteiger partial charge in [0, 0.05) is 24.7 Å². The van der Waals surface area contributed by atoms with Crippen molar-refractivity contribution in [3.63, 3.8) is 0 Å². The molecular weight excluding hydrogens is 318 g/mol. The van der Waals surface area contributed by atoms with Crippen molar-refractivity contribution in [1.29, 1.82) is 0 Å². The number of rotatable bonds is 6. The van der Waals surface area contributed by atoms with Gasteiger partial charge in [0.2, 0.25) is 0 Å². The molecule has 0 aliphatic carbocycles. The van der Waals surface area contributed by atoms with E-state index in [2.05, 4.69) is 10.6 Å². The average molecular weight is 339 g/mol. The number of nitrogens with one attached hydrogen (secondary N) is 2. The van der Waals surface area contributed by atoms with Gasteiger partial charge in [0.25, 0.3) is 21.8 Å². The molecule has 0 aromatic heterocycles. The van der Waals surface area contributed by atoms with Crippen LogP contribution in [0.15, 0.2) is 23.1 Å². The first-order valence-electron chi connectivity index (χ1n) is 7.52. The Morgan fingerprint density at radius 3 is 2.57 bits per heavy atom. The maximum atomic E-state index is 12.5. The van der Waals surface area contributed by atoms with Gasteiger partial charge in [-0.3, -0.25) is 9.59 Å². The quantitative estimate of drug-likeness (QED) is 0.739. The van der Waals surface area contributed by atoms with Gasteiger partial charge in [0.1, 0.15) is 4.90 Å². The topological polar surface area (TPSA) is 95.6 Å². The summed E-state index contributed by atoms with van der Waals surface area (Å²) in [6.07, 6.45) is 0. The van der Waals surface area contributed by atoms with E-state index < -0.39 is 22.0 Å². The number of fused-ring (bicyclic) bond motifs is 1. The summed E-state index contributed by atoms with van der Waals surface area (Å²) in [5, 5.41) is 5.77. The predicted octanol–water partition coefficient (Wildman–Crippen LogP) is 0.579. The number of carbonyl (C=O) groups is 2. The summed E-state index contributed by atoms with van der Waals surface area (Å²) in [5.41, 5.74) is 0.338. The van der Waals surface area contributed by atoms with E-state index in [4.69, 9.17) is 0 Å². The second kappa shape index (κ2) is 6.67. The highest BCUT2D eigenvalue weighted by Crippen LogP contribution is 2.32. The molecule has 0 bridgehead atoms. The number of nitrogens with zero attached hydrogens (tertiary/aromatic N) is 1. The lowest BCUT2D eigenvalue weighted by molar-refractivity contribution is 0.0845. The summed E-state index contributed by atoms with van der Waals surface area (Å²) in [7, 11) is -3.89. The van der Waals surface area contributed by atoms with E-state index in [9.17, 15) is 18.0 Å². The summed E-state index contributed by atoms with van der Waals surface area (Å²) < 4.78 is 25.8. The van der Waals surface area contributed by atoms with Crippen molar-refractivity contribution < 1.29 is 18.0 Å². The summed E-state index contributed by atoms with van der Waals surface area (Å²) in [5.74, 6) is -0.912. The SMILES string of the molecule is CCNCCNC(=O)c1ccc2c(c1)S(=O)(=O)N(C(C)C)C2=O. The van der Waals surface area contributed by atoms with Crippen molar-refractivity contribution in [2.24, 2.45) is 0 Å². The minimum Gasteiger partial charge on any atom is -0.351 e. The van der Waals surface area contributed by atoms with Crippen LogP contribution in [0.5, 0.6) is 0 Å². The second-order valence-electron chi connectivity index (χ2n) is 5.52. The van der Waals surface area contributed by atoms with Crippen LogP contribution in [0.4, 0.5) is 0 Å². The number of likely N-dealkylation sites (N-methyl/N-ethyl adjacent to an activating group) is 1. The number of amides is 2. The molecule has 126 valence electrons. The lowest BCUT2D eigenvalue weighted by Gasteiger charge is -2.18. The molecule has 0 spiro atoms. The smallest absolute Gasteiger partial charge is 0.269 e. The van der Waals surface area contributed by atoms with Crippen LogP contribution < -0.4 is 10.6 Å². The molecule has 1 heterocycles. The predicted molar refractivity (Wildman–Crippen MR) is 85.8 cm³/mol. The molecule has 2 rings (SSSR count). The summed E-state index contributed by atoms with van der Waals surface area (Å²) >= 11 is 0. The summed E-state index contributed by atoms with van der Waals surface area (Å²) in [4.78, 5) is 24.2. The third-order valence-electron chi connectivity index (χ3n) is 3.52. The number of hydrogen-bond donors (Lipinski definition) is 2. The maximum Gasteiger partial charge on any atom is 0.269 e. The van der Waals surface area contributed by atoms with Gasteiger partial charge in [0.05, 0.1) is 5.56 Å². The van der Waals surface area contributed by atoms with E-state index in [1.54, 1.807) is 13.8 Å². The van der Waals surface area contributed by atoms with Gasteiger partial charge in [-0.2, -0.15) is 0 Å². The zero-order chi connectivity index (χ0) is 17.2. The molecule has 0 saturated heterocycles. The molecule has 1 aromatic rings. The molecule has 1 aliphatic heterocycles. The Labute approximate surface area is 136 Å². The fourth-order valence-corrected chi connectivity index (χ4v) is 4.24. The molecule has 2 N–H and O–H groups in total. The van der Waals surface area contributed by atoms with Gasteiger partial charge in [-0.05, 0) is 38.6 Å². The summed E-state index contributed by atoms with van der Waals surface area (Å²) in [6.45, 7) is 7.11. The average Bonchev–Trinajstić information content (AvgIpc) is 2.69. The normalized spacial score (nSPS) is 15.8. The first-order chi connectivity index (χ1) is 10.8. The Hall–Kier alpha value is -1.93. The van der Waals surface area contributed by atoms with Crippen LogP contribution in [-0.2, 0) is 10.0 Å². The van der Waals surface area contributed by atoms with E-state index in [1.807, 2.05) is 6.92 Å². The van der Waals surface area contributed by atoms with Crippen LogP contribution in [-0.4, -0.2) is 50.2 Å². The van der Waals surface area contributed by atoms with Crippen LogP contribution >= 0.6 is 0 Å². The largest absolute Gasteiger partial charge is 0.351 e. The third kappa shape index (κ3) is 3.23. The molecule has 23 heavy (non-hydrogen) atoms. The highest BCUT2D eigenvalue weighted by molar-refractivity contribution is 7.90. The van der Waals surface area contributed by atoms with Crippen molar-refractivity contribution >= 4 is 21.8 Å². The van der Waals surface area contributed by atoms with Crippen LogP contribution in [0, 0.1) is 0 Å². The number of benzene rings is 1. The maximum absolute atomic E-state index is 12.5. The van der Waals surface area contributed by atoms with Crippen molar-refractivity contribution in [2.45, 2.75) is 31.7 Å². The zero-order valence-electron chi connectivity index (χ0n) is 13.4. The lowest BCUT2D eigenvalue weighted by atomic mass is 10.1. The number of hydrogen-bond acceptors (Lipinski definition) is 5. The Morgan fingerprint density at radius 2 is 1.96 bits per heavy atom. The van der Waals surface area contributed by atoms with Gasteiger partial charge in [0.15, 0.2) is 0 Å². The number of sulfonamides is 1. The Bertz CT molecular complexity index is 728. The van der Waals surface area contributed by atoms with E-state index in [-0.39, 0.29) is 21.9 Å². The molecule has 2 amide bonds. The van der Waals surface area contributed by atoms with Gasteiger partial charge in [-0.15, -0.1) is 0 Å². The minimum absolute atomic E-state index is 0.101. The zero-order valence-corrected chi connectivity index (χ0v) is 14.2. The van der Waals surface area contributed by atoms with Gasteiger partial charge in [-0.1, -0.05) is 6.92 Å². The molecule has 0 saturated carbocycles. The monoisotopic (exact) mass is 339 g/mol. The van der Waals surface area contributed by atoms with Gasteiger partial charge >= 0.3 is 0 Å². The van der Waals surface area contributed by atoms with Crippen LogP contribution in [0.3, 0.4) is 0 Å². The standard InChI is InChI=1S/C15H21N3O4S/c1-4-16-7-8-17-14(19)11-5-6-12-13(9-11)23(21,22)18(10(2)3)15(12)20/h5-6,9-10,16H,4,7-8H2,1-3H3,(H,17,19). The van der Waals surface area contributed by atoms with Crippen LogP contribution in [0.1, 0.15) is 41.5 Å². The van der Waals surface area contributed by atoms with Gasteiger partial charge in [-0.25, -0.2) is 12.7 Å². The van der Waals surface area contributed by atoms with Crippen molar-refractivity contribution in [2.75, 3.05) is 19.6 Å². The van der Waals surface area contributed by atoms with E-state index in [1.165, 1.54) is 18.2 Å². The van der Waals surface area contributed by atoms with Gasteiger partial charge < -0.3 is 10.6 Å². The van der Waals surface area contributed by atoms with Crippen LogP contribution in [0.2, 0.25) is 0 Å². The minimum atomic E-state index is -3.89. The number of carbonyl (C=O) groups excluding carboxylic acids is 2. The fourth-order valence-electron chi connectivity index (χ4n) is 2.44. The van der Waals surface area contributed by atoms with E-state index in [0.717, 1.165) is 10.8 Å². The molecule has 1 aromatic carbocycles. The van der Waals surface area contributed by atoms with E-state index >= 15 is 0 Å². The van der Waals surface area contributed by atoms with E-state index in [0.29, 0.717) is 13.1 Å². The molecule has 1 aliphatic rings. The molecule has 0 atom stereocenters. The highest BCUT2D eigenvalue weighted by Gasteiger charge is 2.42.